The van der Waals surface area contributed by atoms with Gasteiger partial charge in [-0.05, 0) is 30.9 Å². The number of aromatic amines is 1. The van der Waals surface area contributed by atoms with E-state index >= 15 is 0 Å². The van der Waals surface area contributed by atoms with Gasteiger partial charge in [0.1, 0.15) is 22.3 Å². The number of H-pyrrole nitrogens is 1. The number of esters is 1. The Balaban J connectivity index is 1.68. The molecule has 3 aromatic rings. The van der Waals surface area contributed by atoms with Gasteiger partial charge >= 0.3 is 5.97 Å². The maximum atomic E-state index is 12.6. The highest BCUT2D eigenvalue weighted by Crippen LogP contribution is 2.28. The number of thiophene rings is 2. The van der Waals surface area contributed by atoms with E-state index in [1.807, 2.05) is 11.3 Å². The van der Waals surface area contributed by atoms with E-state index in [4.69, 9.17) is 4.74 Å². The molecule has 0 fully saturated rings. The molecule has 0 amide bonds. The van der Waals surface area contributed by atoms with Crippen molar-refractivity contribution in [2.24, 2.45) is 0 Å². The maximum absolute atomic E-state index is 12.6. The van der Waals surface area contributed by atoms with Gasteiger partial charge in [-0.15, -0.1) is 22.7 Å². The van der Waals surface area contributed by atoms with Gasteiger partial charge < -0.3 is 14.6 Å². The van der Waals surface area contributed by atoms with E-state index in [0.29, 0.717) is 39.1 Å². The van der Waals surface area contributed by atoms with Crippen LogP contribution in [0.5, 0.6) is 0 Å². The number of hydrogen-bond acceptors (Lipinski definition) is 6. The zero-order valence-corrected chi connectivity index (χ0v) is 16.5. The number of carbonyl (C=O) groups excluding carboxylic acids is 1. The Bertz CT molecular complexity index is 1050. The van der Waals surface area contributed by atoms with Crippen molar-refractivity contribution in [1.82, 2.24) is 9.97 Å². The van der Waals surface area contributed by atoms with Crippen molar-refractivity contribution in [2.45, 2.75) is 32.9 Å². The van der Waals surface area contributed by atoms with Crippen molar-refractivity contribution in [2.75, 3.05) is 13.7 Å². The molecule has 136 valence electrons. The molecule has 0 saturated carbocycles. The molecular weight excluding hydrogens is 370 g/mol. The van der Waals surface area contributed by atoms with E-state index in [-0.39, 0.29) is 5.56 Å². The van der Waals surface area contributed by atoms with Crippen LogP contribution in [-0.2, 0) is 17.7 Å². The van der Waals surface area contributed by atoms with Gasteiger partial charge in [0.15, 0.2) is 5.82 Å². The molecular formula is C18H20N3O3S2+. The van der Waals surface area contributed by atoms with Crippen molar-refractivity contribution in [3.05, 3.63) is 48.5 Å². The van der Waals surface area contributed by atoms with Gasteiger partial charge in [-0.25, -0.2) is 9.78 Å². The standard InChI is InChI=1S/C18H19N3O3S2/c1-9-14-16(22)19-13(20-17(14)26-15(9)18(23)24-3)8-21-6-4-12-11(10(21)2)5-7-25-12/h5,7,10H,4,6,8H2,1-3H3,(H,19,20,22)/p+1/t10-/m1/s1. The average Bonchev–Trinajstić information content (AvgIpc) is 3.22. The van der Waals surface area contributed by atoms with Gasteiger partial charge in [-0.2, -0.15) is 0 Å². The first-order valence-corrected chi connectivity index (χ1v) is 10.2. The minimum atomic E-state index is -0.424. The molecule has 0 aliphatic carbocycles. The van der Waals surface area contributed by atoms with E-state index in [1.54, 1.807) is 6.92 Å². The first kappa shape index (κ1) is 17.4. The van der Waals surface area contributed by atoms with Gasteiger partial charge in [-0.3, -0.25) is 4.79 Å². The normalized spacial score (nSPS) is 19.5. The molecule has 0 spiro atoms. The number of nitrogens with zero attached hydrogens (tertiary/aromatic N) is 1. The lowest BCUT2D eigenvalue weighted by Gasteiger charge is -2.30. The van der Waals surface area contributed by atoms with Crippen LogP contribution in [0.25, 0.3) is 10.2 Å². The van der Waals surface area contributed by atoms with Crippen molar-refractivity contribution in [1.29, 1.82) is 0 Å². The van der Waals surface area contributed by atoms with Gasteiger partial charge in [0, 0.05) is 16.9 Å². The van der Waals surface area contributed by atoms with Crippen LogP contribution >= 0.6 is 22.7 Å². The fourth-order valence-corrected chi connectivity index (χ4v) is 5.76. The van der Waals surface area contributed by atoms with Crippen molar-refractivity contribution in [3.8, 4) is 0 Å². The topological polar surface area (TPSA) is 76.5 Å². The fraction of sp³-hybridized carbons (Fsp3) is 0.389. The molecule has 2 N–H and O–H groups in total. The predicted molar refractivity (Wildman–Crippen MR) is 102 cm³/mol. The molecule has 1 unspecified atom stereocenters. The van der Waals surface area contributed by atoms with Crippen molar-refractivity contribution in [3.63, 3.8) is 0 Å². The summed E-state index contributed by atoms with van der Waals surface area (Å²) in [7, 11) is 1.34. The SMILES string of the molecule is COC(=O)c1sc2nc(C[NH+]3CCc4sccc4[C@H]3C)[nH]c(=O)c2c1C. The van der Waals surface area contributed by atoms with Crippen molar-refractivity contribution < 1.29 is 14.4 Å². The molecule has 0 aromatic carbocycles. The fourth-order valence-electron chi connectivity index (χ4n) is 3.67. The summed E-state index contributed by atoms with van der Waals surface area (Å²) in [6.45, 7) is 5.67. The molecule has 4 heterocycles. The number of ether oxygens (including phenoxy) is 1. The van der Waals surface area contributed by atoms with Crippen LogP contribution in [-0.4, -0.2) is 29.6 Å². The highest BCUT2D eigenvalue weighted by atomic mass is 32.1. The Kier molecular flexibility index (Phi) is 4.42. The first-order valence-electron chi connectivity index (χ1n) is 8.51. The van der Waals surface area contributed by atoms with Crippen molar-refractivity contribution >= 4 is 38.9 Å². The Morgan fingerprint density at radius 3 is 3.08 bits per heavy atom. The lowest BCUT2D eigenvalue weighted by atomic mass is 10.0. The number of aryl methyl sites for hydroxylation is 1. The molecule has 3 aromatic heterocycles. The molecule has 0 bridgehead atoms. The van der Waals surface area contributed by atoms with Gasteiger partial charge in [0.25, 0.3) is 5.56 Å². The van der Waals surface area contributed by atoms with Crippen LogP contribution in [0.3, 0.4) is 0 Å². The number of aromatic nitrogens is 2. The van der Waals surface area contributed by atoms with Crippen LogP contribution < -0.4 is 10.5 Å². The van der Waals surface area contributed by atoms with Crippen LogP contribution in [0.15, 0.2) is 16.2 Å². The minimum absolute atomic E-state index is 0.186. The average molecular weight is 391 g/mol. The summed E-state index contributed by atoms with van der Waals surface area (Å²) in [5, 5.41) is 2.64. The van der Waals surface area contributed by atoms with E-state index in [9.17, 15) is 9.59 Å². The minimum Gasteiger partial charge on any atom is -0.465 e. The molecule has 2 atom stereocenters. The summed E-state index contributed by atoms with van der Waals surface area (Å²) in [6.07, 6.45) is 1.06. The summed E-state index contributed by atoms with van der Waals surface area (Å²) in [6, 6.07) is 2.58. The number of methoxy groups -OCH3 is 1. The quantitative estimate of drug-likeness (QED) is 0.669. The van der Waals surface area contributed by atoms with Gasteiger partial charge in [-0.1, -0.05) is 0 Å². The number of rotatable bonds is 3. The second-order valence-electron chi connectivity index (χ2n) is 6.60. The molecule has 4 rings (SSSR count). The number of fused-ring (bicyclic) bond motifs is 2. The smallest absolute Gasteiger partial charge is 0.348 e. The third kappa shape index (κ3) is 2.78. The van der Waals surface area contributed by atoms with Crippen LogP contribution in [0, 0.1) is 6.92 Å². The highest BCUT2D eigenvalue weighted by molar-refractivity contribution is 7.20. The zero-order chi connectivity index (χ0) is 18.4. The molecule has 1 aliphatic rings. The molecule has 26 heavy (non-hydrogen) atoms. The Hall–Kier alpha value is -2.03. The summed E-state index contributed by atoms with van der Waals surface area (Å²) in [4.78, 5) is 35.9. The van der Waals surface area contributed by atoms with Crippen LogP contribution in [0.2, 0.25) is 0 Å². The van der Waals surface area contributed by atoms with E-state index in [1.165, 1.54) is 33.8 Å². The second-order valence-corrected chi connectivity index (χ2v) is 8.60. The van der Waals surface area contributed by atoms with Crippen LogP contribution in [0.1, 0.15) is 44.5 Å². The molecule has 8 heteroatoms. The summed E-state index contributed by atoms with van der Waals surface area (Å²) >= 11 is 3.05. The number of carbonyl (C=O) groups is 1. The third-order valence-corrected chi connectivity index (χ3v) is 7.31. The van der Waals surface area contributed by atoms with Gasteiger partial charge in [0.05, 0.1) is 19.0 Å². The Morgan fingerprint density at radius 2 is 2.31 bits per heavy atom. The Morgan fingerprint density at radius 1 is 1.50 bits per heavy atom. The second kappa shape index (κ2) is 6.61. The predicted octanol–water partition coefficient (Wildman–Crippen LogP) is 1.84. The van der Waals surface area contributed by atoms with E-state index < -0.39 is 5.97 Å². The molecule has 0 radical (unpaired) electrons. The maximum Gasteiger partial charge on any atom is 0.348 e. The summed E-state index contributed by atoms with van der Waals surface area (Å²) in [5.74, 6) is 0.243. The monoisotopic (exact) mass is 390 g/mol. The lowest BCUT2D eigenvalue weighted by molar-refractivity contribution is -0.945. The van der Waals surface area contributed by atoms with E-state index in [0.717, 1.165) is 13.0 Å². The highest BCUT2D eigenvalue weighted by Gasteiger charge is 2.29. The Labute approximate surface area is 158 Å². The molecule has 6 nitrogen and oxygen atoms in total. The summed E-state index contributed by atoms with van der Waals surface area (Å²) in [5.41, 5.74) is 1.85. The third-order valence-electron chi connectivity index (χ3n) is 5.15. The molecule has 1 aliphatic heterocycles. The summed E-state index contributed by atoms with van der Waals surface area (Å²) < 4.78 is 4.81. The first-order chi connectivity index (χ1) is 12.5. The largest absolute Gasteiger partial charge is 0.465 e. The van der Waals surface area contributed by atoms with Gasteiger partial charge in [0.2, 0.25) is 0 Å². The lowest BCUT2D eigenvalue weighted by Crippen LogP contribution is -3.11. The number of nitrogens with one attached hydrogen (secondary N) is 2. The zero-order valence-electron chi connectivity index (χ0n) is 14.8. The number of quaternary nitrogens is 1. The molecule has 0 saturated heterocycles. The van der Waals surface area contributed by atoms with Crippen LogP contribution in [0.4, 0.5) is 0 Å². The van der Waals surface area contributed by atoms with E-state index in [2.05, 4.69) is 28.3 Å². The number of hydrogen-bond donors (Lipinski definition) is 2.